The average Bonchev–Trinajstić information content (AvgIpc) is 3.35. The number of allylic oxidation sites excluding steroid dienone is 7. The van der Waals surface area contributed by atoms with Crippen LogP contribution in [0.25, 0.3) is 0 Å². The van der Waals surface area contributed by atoms with E-state index in [0.717, 1.165) is 38.5 Å². The summed E-state index contributed by atoms with van der Waals surface area (Å²) in [5, 5.41) is 33.5. The van der Waals surface area contributed by atoms with Crippen LogP contribution in [0.4, 0.5) is 0 Å². The first-order valence-corrected chi connectivity index (χ1v) is 30.9. The summed E-state index contributed by atoms with van der Waals surface area (Å²) in [5.41, 5.74) is 0. The molecule has 69 heavy (non-hydrogen) atoms. The molecule has 1 amide bonds. The maximum atomic E-state index is 12.5. The summed E-state index contributed by atoms with van der Waals surface area (Å²) in [6.45, 7) is 4.23. The van der Waals surface area contributed by atoms with Gasteiger partial charge in [0.1, 0.15) is 0 Å². The minimum Gasteiger partial charge on any atom is -0.394 e. The summed E-state index contributed by atoms with van der Waals surface area (Å²) in [6, 6.07) is -0.769. The van der Waals surface area contributed by atoms with Crippen LogP contribution in [0.5, 0.6) is 0 Å². The topological polar surface area (TPSA) is 89.8 Å². The Kier molecular flexibility index (Phi) is 57.4. The van der Waals surface area contributed by atoms with Crippen molar-refractivity contribution in [1.82, 2.24) is 5.32 Å². The van der Waals surface area contributed by atoms with E-state index < -0.39 is 18.2 Å². The molecule has 4 N–H and O–H groups in total. The molecule has 5 heteroatoms. The molecule has 0 aliphatic heterocycles. The summed E-state index contributed by atoms with van der Waals surface area (Å²) in [4.78, 5) is 12.5. The van der Waals surface area contributed by atoms with Crippen LogP contribution in [0.15, 0.2) is 48.6 Å². The molecule has 0 heterocycles. The monoisotopic (exact) mass is 968 g/mol. The lowest BCUT2D eigenvalue weighted by Gasteiger charge is -2.21. The average molecular weight is 969 g/mol. The van der Waals surface area contributed by atoms with E-state index in [1.54, 1.807) is 6.08 Å². The van der Waals surface area contributed by atoms with Crippen molar-refractivity contribution in [2.45, 2.75) is 347 Å². The van der Waals surface area contributed by atoms with E-state index >= 15 is 0 Å². The molecule has 0 spiro atoms. The van der Waals surface area contributed by atoms with Gasteiger partial charge in [0, 0.05) is 0 Å². The molecule has 0 aliphatic rings. The van der Waals surface area contributed by atoms with Gasteiger partial charge in [0.25, 0.3) is 0 Å². The second-order valence-corrected chi connectivity index (χ2v) is 21.3. The molecule has 0 rings (SSSR count). The SMILES string of the molecule is CCCCCCCCCCCCCC/C=C\CCCCCCCCCCCCCCCCCC(O)CC(=O)NC(CO)C(O)/C=C/CC/C=C/CC/C=C/CCCCCCCCCCCCCCC. The number of hydrogen-bond donors (Lipinski definition) is 4. The summed E-state index contributed by atoms with van der Waals surface area (Å²) in [7, 11) is 0. The van der Waals surface area contributed by atoms with E-state index in [0.29, 0.717) is 6.42 Å². The Morgan fingerprint density at radius 3 is 0.928 bits per heavy atom. The lowest BCUT2D eigenvalue weighted by Crippen LogP contribution is -2.45. The van der Waals surface area contributed by atoms with E-state index in [-0.39, 0.29) is 18.9 Å². The first-order chi connectivity index (χ1) is 34.0. The smallest absolute Gasteiger partial charge is 0.222 e. The minimum absolute atomic E-state index is 0.00352. The largest absolute Gasteiger partial charge is 0.394 e. The highest BCUT2D eigenvalue weighted by Gasteiger charge is 2.20. The number of carbonyl (C=O) groups excluding carboxylic acids is 1. The lowest BCUT2D eigenvalue weighted by molar-refractivity contribution is -0.124. The van der Waals surface area contributed by atoms with Crippen molar-refractivity contribution in [3.63, 3.8) is 0 Å². The second-order valence-electron chi connectivity index (χ2n) is 21.3. The maximum absolute atomic E-state index is 12.5. The van der Waals surface area contributed by atoms with Gasteiger partial charge in [0.15, 0.2) is 0 Å². The van der Waals surface area contributed by atoms with Crippen LogP contribution in [-0.2, 0) is 4.79 Å². The molecule has 0 aromatic heterocycles. The van der Waals surface area contributed by atoms with E-state index in [2.05, 4.69) is 55.6 Å². The van der Waals surface area contributed by atoms with Gasteiger partial charge >= 0.3 is 0 Å². The van der Waals surface area contributed by atoms with E-state index in [9.17, 15) is 20.1 Å². The molecule has 406 valence electrons. The van der Waals surface area contributed by atoms with Gasteiger partial charge in [-0.2, -0.15) is 0 Å². The highest BCUT2D eigenvalue weighted by molar-refractivity contribution is 5.76. The zero-order valence-electron chi connectivity index (χ0n) is 46.5. The number of carbonyl (C=O) groups is 1. The Hall–Kier alpha value is -1.69. The summed E-state index contributed by atoms with van der Waals surface area (Å²) in [6.07, 6.45) is 79.0. The number of aliphatic hydroxyl groups is 3. The molecular formula is C64H121NO4. The third-order valence-corrected chi connectivity index (χ3v) is 14.3. The second kappa shape index (κ2) is 58.9. The highest BCUT2D eigenvalue weighted by atomic mass is 16.3. The molecule has 3 atom stereocenters. The molecule has 5 nitrogen and oxygen atoms in total. The van der Waals surface area contributed by atoms with Crippen molar-refractivity contribution in [3.8, 4) is 0 Å². The number of unbranched alkanes of at least 4 members (excludes halogenated alkanes) is 42. The molecule has 0 aromatic carbocycles. The van der Waals surface area contributed by atoms with Gasteiger partial charge in [-0.25, -0.2) is 0 Å². The highest BCUT2D eigenvalue weighted by Crippen LogP contribution is 2.17. The van der Waals surface area contributed by atoms with Crippen molar-refractivity contribution in [3.05, 3.63) is 48.6 Å². The molecular weight excluding hydrogens is 847 g/mol. The number of amides is 1. The number of aliphatic hydroxyl groups excluding tert-OH is 3. The molecule has 0 saturated carbocycles. The normalized spacial score (nSPS) is 13.5. The van der Waals surface area contributed by atoms with Crippen molar-refractivity contribution in [1.29, 1.82) is 0 Å². The van der Waals surface area contributed by atoms with Gasteiger partial charge in [-0.1, -0.05) is 300 Å². The fourth-order valence-electron chi connectivity index (χ4n) is 9.61. The van der Waals surface area contributed by atoms with Gasteiger partial charge in [0.05, 0.1) is 31.3 Å². The maximum Gasteiger partial charge on any atom is 0.222 e. The summed E-state index contributed by atoms with van der Waals surface area (Å²) < 4.78 is 0. The number of nitrogens with one attached hydrogen (secondary N) is 1. The minimum atomic E-state index is -0.962. The predicted molar refractivity (Wildman–Crippen MR) is 305 cm³/mol. The van der Waals surface area contributed by atoms with Crippen LogP contribution in [0, 0.1) is 0 Å². The van der Waals surface area contributed by atoms with Gasteiger partial charge < -0.3 is 20.6 Å². The Labute approximate surface area is 431 Å². The molecule has 0 radical (unpaired) electrons. The van der Waals surface area contributed by atoms with Gasteiger partial charge in [-0.05, 0) is 70.6 Å². The molecule has 0 aromatic rings. The fraction of sp³-hybridized carbons (Fsp3) is 0.859. The Morgan fingerprint density at radius 2 is 0.623 bits per heavy atom. The number of rotatable bonds is 57. The van der Waals surface area contributed by atoms with Crippen LogP contribution in [-0.4, -0.2) is 46.1 Å². The zero-order chi connectivity index (χ0) is 50.0. The van der Waals surface area contributed by atoms with Crippen molar-refractivity contribution in [2.24, 2.45) is 0 Å². The first-order valence-electron chi connectivity index (χ1n) is 30.9. The van der Waals surface area contributed by atoms with Gasteiger partial charge in [-0.15, -0.1) is 0 Å². The van der Waals surface area contributed by atoms with E-state index in [4.69, 9.17) is 0 Å². The zero-order valence-corrected chi connectivity index (χ0v) is 46.5. The van der Waals surface area contributed by atoms with Gasteiger partial charge in [-0.3, -0.25) is 4.79 Å². The van der Waals surface area contributed by atoms with Crippen LogP contribution in [0.2, 0.25) is 0 Å². The lowest BCUT2D eigenvalue weighted by atomic mass is 10.0. The van der Waals surface area contributed by atoms with Crippen LogP contribution >= 0.6 is 0 Å². The van der Waals surface area contributed by atoms with Crippen LogP contribution in [0.3, 0.4) is 0 Å². The third kappa shape index (κ3) is 55.5. The molecule has 0 fully saturated rings. The standard InChI is InChI=1S/C64H121NO4/c1-3-5-7-9-11-13-15-17-19-21-23-25-27-28-29-30-31-32-33-34-36-37-39-41-43-45-47-49-51-53-55-57-61(67)59-64(69)65-62(60-66)63(68)58-56-54-52-50-48-46-44-42-40-38-35-26-24-22-20-18-16-14-12-10-8-6-4-2/h28-29,40,42,48,50,56,58,61-63,66-68H,3-27,30-39,41,43-47,49,51-55,57,59-60H2,1-2H3,(H,65,69)/b29-28-,42-40+,50-48+,58-56+. The quantitative estimate of drug-likeness (QED) is 0.0361. The van der Waals surface area contributed by atoms with Crippen LogP contribution in [0.1, 0.15) is 328 Å². The van der Waals surface area contributed by atoms with Crippen molar-refractivity contribution >= 4 is 5.91 Å². The third-order valence-electron chi connectivity index (χ3n) is 14.3. The molecule has 0 aliphatic carbocycles. The summed E-state index contributed by atoms with van der Waals surface area (Å²) in [5.74, 6) is -0.325. The fourth-order valence-corrected chi connectivity index (χ4v) is 9.61. The molecule has 0 bridgehead atoms. The Bertz CT molecular complexity index is 1110. The Morgan fingerprint density at radius 1 is 0.362 bits per heavy atom. The van der Waals surface area contributed by atoms with E-state index in [1.807, 2.05) is 6.08 Å². The first kappa shape index (κ1) is 67.3. The van der Waals surface area contributed by atoms with Crippen LogP contribution < -0.4 is 5.32 Å². The number of hydrogen-bond acceptors (Lipinski definition) is 4. The van der Waals surface area contributed by atoms with Gasteiger partial charge in [0.2, 0.25) is 5.91 Å². The molecule has 3 unspecified atom stereocenters. The van der Waals surface area contributed by atoms with E-state index in [1.165, 1.54) is 263 Å². The van der Waals surface area contributed by atoms with Crippen molar-refractivity contribution < 1.29 is 20.1 Å². The Balaban J connectivity index is 3.57. The van der Waals surface area contributed by atoms with Crippen molar-refractivity contribution in [2.75, 3.05) is 6.61 Å². The predicted octanol–water partition coefficient (Wildman–Crippen LogP) is 19.6. The molecule has 0 saturated heterocycles. The summed E-state index contributed by atoms with van der Waals surface area (Å²) >= 11 is 0.